The summed E-state index contributed by atoms with van der Waals surface area (Å²) in [7, 11) is 0. The van der Waals surface area contributed by atoms with Gasteiger partial charge in [0, 0.05) is 0 Å². The summed E-state index contributed by atoms with van der Waals surface area (Å²) >= 11 is 2.52. The molecule has 0 unspecified atom stereocenters. The minimum absolute atomic E-state index is 0.190. The maximum absolute atomic E-state index is 10.8. The van der Waals surface area contributed by atoms with Gasteiger partial charge in [0.15, 0.2) is 0 Å². The zero-order valence-corrected chi connectivity index (χ0v) is 14.1. The van der Waals surface area contributed by atoms with Gasteiger partial charge < -0.3 is 0 Å². The number of nitrogens with one attached hydrogen (secondary N) is 1. The third kappa shape index (κ3) is 4.43. The topological polar surface area (TPSA) is 56.5 Å². The summed E-state index contributed by atoms with van der Waals surface area (Å²) in [6.07, 6.45) is 0.631. The summed E-state index contributed by atoms with van der Waals surface area (Å²) in [6, 6.07) is 0. The Morgan fingerprint density at radius 1 is 1.36 bits per heavy atom. The Hall–Kier alpha value is -0.0734. The number of amidine groups is 2. The molecule has 0 aromatic heterocycles. The van der Waals surface area contributed by atoms with Crippen molar-refractivity contribution in [3.8, 4) is 0 Å². The van der Waals surface area contributed by atoms with Gasteiger partial charge in [-0.3, -0.25) is 0 Å². The van der Waals surface area contributed by atoms with Gasteiger partial charge in [-0.1, -0.05) is 0 Å². The van der Waals surface area contributed by atoms with Gasteiger partial charge in [-0.25, -0.2) is 0 Å². The van der Waals surface area contributed by atoms with E-state index < -0.39 is 0 Å². The van der Waals surface area contributed by atoms with Crippen molar-refractivity contribution in [1.29, 1.82) is 5.41 Å². The number of carbonyl (C=O) groups excluding carboxylic acids is 1. The molecule has 76 valence electrons. The number of nitrogens with zero attached hydrogens (tertiary/aromatic N) is 2. The van der Waals surface area contributed by atoms with Crippen molar-refractivity contribution in [1.82, 2.24) is 4.90 Å². The molecule has 14 heavy (non-hydrogen) atoms. The summed E-state index contributed by atoms with van der Waals surface area (Å²) in [5.41, 5.74) is 0. The van der Waals surface area contributed by atoms with E-state index in [0.29, 0.717) is 12.2 Å². The van der Waals surface area contributed by atoms with Gasteiger partial charge in [0.1, 0.15) is 0 Å². The fourth-order valence-electron chi connectivity index (χ4n) is 0.739. The zero-order valence-electron chi connectivity index (χ0n) is 8.20. The van der Waals surface area contributed by atoms with E-state index in [9.17, 15) is 4.79 Å². The predicted molar refractivity (Wildman–Crippen MR) is 50.1 cm³/mol. The van der Waals surface area contributed by atoms with Crippen LogP contribution in [0.4, 0.5) is 0 Å². The number of rotatable bonds is 3. The van der Waals surface area contributed by atoms with Crippen molar-refractivity contribution >= 4 is 26.0 Å². The Kier molecular flexibility index (Phi) is 6.38. The third-order valence-corrected chi connectivity index (χ3v) is 2.26. The minimum atomic E-state index is 0.190. The number of hydrogen-bond acceptors (Lipinski definition) is 3. The molecule has 0 rings (SSSR count). The molecule has 0 heterocycles. The molecule has 6 heteroatoms. The van der Waals surface area contributed by atoms with Crippen LogP contribution in [0.1, 0.15) is 20.8 Å². The predicted octanol–water partition coefficient (Wildman–Crippen LogP) is 0.276. The van der Waals surface area contributed by atoms with Gasteiger partial charge in [0.05, 0.1) is 0 Å². The average molecular weight is 533 g/mol. The van der Waals surface area contributed by atoms with E-state index in [1.54, 1.807) is 6.92 Å². The second-order valence-electron chi connectivity index (χ2n) is 2.57. The van der Waals surface area contributed by atoms with Crippen molar-refractivity contribution in [3.05, 3.63) is 0 Å². The molecule has 0 fully saturated rings. The fourth-order valence-corrected chi connectivity index (χ4v) is 1.57. The van der Waals surface area contributed by atoms with Gasteiger partial charge >= 0.3 is 106 Å². The summed E-state index contributed by atoms with van der Waals surface area (Å²) < 4.78 is 1.96. The summed E-state index contributed by atoms with van der Waals surface area (Å²) in [5.74, 6) is 0.783. The second-order valence-corrected chi connectivity index (χ2v) is 6.89. The number of amides is 1. The molecule has 1 N–H and O–H groups in total. The third-order valence-electron chi connectivity index (χ3n) is 1.27. The van der Waals surface area contributed by atoms with Crippen molar-refractivity contribution in [3.63, 3.8) is 0 Å². The Bertz CT molecular complexity index is 323. The molecule has 1 amide bonds. The SMILES string of the molecule is CC(=N)N(C=O)C(=N[C](C)=[W])[C](C)=[W]. The summed E-state index contributed by atoms with van der Waals surface area (Å²) in [6.45, 7) is 5.38. The Balaban J connectivity index is 5.18. The normalized spacial score (nSPS) is 10.6. The zero-order chi connectivity index (χ0) is 11.3. The molecule has 0 saturated heterocycles. The van der Waals surface area contributed by atoms with E-state index in [1.807, 2.05) is 13.8 Å². The molecular formula is C8H11N3OW2. The molecule has 0 aromatic carbocycles. The van der Waals surface area contributed by atoms with Gasteiger partial charge in [-0.05, 0) is 0 Å². The molecule has 0 atom stereocenters. The van der Waals surface area contributed by atoms with E-state index in [-0.39, 0.29) is 5.84 Å². The van der Waals surface area contributed by atoms with Crippen molar-refractivity contribution < 1.29 is 43.5 Å². The first-order valence-electron chi connectivity index (χ1n) is 3.80. The first-order valence-corrected chi connectivity index (χ1v) is 6.73. The first kappa shape index (κ1) is 13.9. The quantitative estimate of drug-likeness (QED) is 0.317. The second kappa shape index (κ2) is 6.42. The molecule has 0 saturated carbocycles. The van der Waals surface area contributed by atoms with Crippen molar-refractivity contribution in [2.24, 2.45) is 4.99 Å². The van der Waals surface area contributed by atoms with Crippen LogP contribution in [0, 0.1) is 5.41 Å². The van der Waals surface area contributed by atoms with Crippen LogP contribution in [0.3, 0.4) is 0 Å². The Labute approximate surface area is 105 Å². The molecule has 4 nitrogen and oxygen atoms in total. The fraction of sp³-hybridized carbons (Fsp3) is 0.375. The number of hydrogen-bond donors (Lipinski definition) is 1. The van der Waals surface area contributed by atoms with Crippen LogP contribution in [0.5, 0.6) is 0 Å². The van der Waals surface area contributed by atoms with E-state index in [4.69, 9.17) is 5.41 Å². The number of carbonyl (C=O) groups is 1. The summed E-state index contributed by atoms with van der Waals surface area (Å²) in [4.78, 5) is 16.3. The van der Waals surface area contributed by atoms with Crippen molar-refractivity contribution in [2.45, 2.75) is 20.8 Å². The van der Waals surface area contributed by atoms with Crippen LogP contribution >= 0.6 is 0 Å². The molecule has 0 aliphatic heterocycles. The molecule has 0 spiro atoms. The van der Waals surface area contributed by atoms with Gasteiger partial charge in [-0.2, -0.15) is 0 Å². The standard InChI is InChI=1S/C8H11N3O.2W/c1-4-8(10-5-2)11(6-12)7(3)9;;/h6,9H,1-3H3;;. The monoisotopic (exact) mass is 533 g/mol. The molecule has 0 aromatic rings. The Morgan fingerprint density at radius 3 is 2.07 bits per heavy atom. The van der Waals surface area contributed by atoms with Crippen LogP contribution < -0.4 is 0 Å². The van der Waals surface area contributed by atoms with Gasteiger partial charge in [0.2, 0.25) is 0 Å². The van der Waals surface area contributed by atoms with E-state index in [1.165, 1.54) is 43.6 Å². The van der Waals surface area contributed by atoms with Crippen LogP contribution in [-0.4, -0.2) is 30.9 Å². The molecule has 0 aliphatic carbocycles. The summed E-state index contributed by atoms with van der Waals surface area (Å²) in [5, 5.41) is 7.43. The van der Waals surface area contributed by atoms with Crippen LogP contribution in [0.2, 0.25) is 0 Å². The van der Waals surface area contributed by atoms with E-state index in [0.717, 1.165) is 7.92 Å². The van der Waals surface area contributed by atoms with E-state index in [2.05, 4.69) is 4.99 Å². The Morgan fingerprint density at radius 2 is 1.86 bits per heavy atom. The molecule has 0 aliphatic rings. The first-order chi connectivity index (χ1) is 6.40. The average Bonchev–Trinajstić information content (AvgIpc) is 2.02. The molecule has 0 radical (unpaired) electrons. The van der Waals surface area contributed by atoms with Crippen LogP contribution in [0.15, 0.2) is 4.99 Å². The van der Waals surface area contributed by atoms with E-state index >= 15 is 0 Å². The van der Waals surface area contributed by atoms with Crippen LogP contribution in [-0.2, 0) is 43.5 Å². The van der Waals surface area contributed by atoms with Gasteiger partial charge in [0.25, 0.3) is 0 Å². The number of aliphatic imine (C=N–C) groups is 1. The van der Waals surface area contributed by atoms with Gasteiger partial charge in [-0.15, -0.1) is 0 Å². The van der Waals surface area contributed by atoms with Crippen molar-refractivity contribution in [2.75, 3.05) is 0 Å². The molecule has 0 bridgehead atoms. The molecular weight excluding hydrogens is 522 g/mol. The van der Waals surface area contributed by atoms with Crippen LogP contribution in [0.25, 0.3) is 0 Å². The maximum atomic E-state index is 10.8.